The lowest BCUT2D eigenvalue weighted by Gasteiger charge is -2.32. The third kappa shape index (κ3) is 3.91. The van der Waals surface area contributed by atoms with Crippen LogP contribution in [0.1, 0.15) is 43.9 Å². The van der Waals surface area contributed by atoms with Crippen molar-refractivity contribution in [1.29, 1.82) is 0 Å². The lowest BCUT2D eigenvalue weighted by Crippen LogP contribution is -2.34. The third-order valence-electron chi connectivity index (χ3n) is 4.70. The number of nitrogens with one attached hydrogen (secondary N) is 1. The molecule has 0 radical (unpaired) electrons. The van der Waals surface area contributed by atoms with Gasteiger partial charge in [0, 0.05) is 30.3 Å². The number of hydrogen-bond donors (Lipinski definition) is 1. The van der Waals surface area contributed by atoms with Gasteiger partial charge in [-0.3, -0.25) is 10.00 Å². The van der Waals surface area contributed by atoms with Crippen LogP contribution in [0.5, 0.6) is 0 Å². The van der Waals surface area contributed by atoms with Gasteiger partial charge in [-0.15, -0.1) is 0 Å². The number of hydrogen-bond acceptors (Lipinski definition) is 2. The summed E-state index contributed by atoms with van der Waals surface area (Å²) in [6, 6.07) is 8.75. The van der Waals surface area contributed by atoms with Gasteiger partial charge < -0.3 is 0 Å². The summed E-state index contributed by atoms with van der Waals surface area (Å²) in [5.41, 5.74) is 6.52. The number of aromatic nitrogens is 2. The van der Waals surface area contributed by atoms with Crippen molar-refractivity contribution in [2.45, 2.75) is 39.5 Å². The molecule has 0 bridgehead atoms. The first kappa shape index (κ1) is 16.0. The van der Waals surface area contributed by atoms with E-state index in [2.05, 4.69) is 66.2 Å². The van der Waals surface area contributed by atoms with E-state index < -0.39 is 0 Å². The quantitative estimate of drug-likeness (QED) is 0.841. The molecule has 0 saturated carbocycles. The number of piperidine rings is 1. The van der Waals surface area contributed by atoms with Crippen molar-refractivity contribution in [2.75, 3.05) is 19.6 Å². The van der Waals surface area contributed by atoms with Crippen LogP contribution in [-0.4, -0.2) is 34.7 Å². The van der Waals surface area contributed by atoms with Gasteiger partial charge in [0.15, 0.2) is 0 Å². The fourth-order valence-corrected chi connectivity index (χ4v) is 3.34. The van der Waals surface area contributed by atoms with Crippen LogP contribution in [0, 0.1) is 6.92 Å². The van der Waals surface area contributed by atoms with Crippen molar-refractivity contribution in [3.8, 4) is 11.1 Å². The van der Waals surface area contributed by atoms with Crippen LogP contribution in [0.25, 0.3) is 11.1 Å². The van der Waals surface area contributed by atoms with Crippen molar-refractivity contribution >= 4 is 0 Å². The van der Waals surface area contributed by atoms with Gasteiger partial charge in [-0.2, -0.15) is 5.10 Å². The summed E-state index contributed by atoms with van der Waals surface area (Å²) in [5, 5.41) is 7.62. The molecule has 1 fully saturated rings. The predicted octanol–water partition coefficient (Wildman–Crippen LogP) is 4.53. The molecule has 23 heavy (non-hydrogen) atoms. The Hall–Kier alpha value is -1.87. The zero-order valence-corrected chi connectivity index (χ0v) is 14.5. The second-order valence-corrected chi connectivity index (χ2v) is 6.94. The molecule has 0 unspecified atom stereocenters. The Balaban J connectivity index is 1.78. The Morgan fingerprint density at radius 3 is 2.83 bits per heavy atom. The minimum atomic E-state index is 0.549. The van der Waals surface area contributed by atoms with Crippen molar-refractivity contribution in [3.05, 3.63) is 53.4 Å². The topological polar surface area (TPSA) is 31.9 Å². The van der Waals surface area contributed by atoms with Crippen LogP contribution in [-0.2, 0) is 0 Å². The number of nitrogens with zero attached hydrogens (tertiary/aromatic N) is 2. The molecule has 0 aliphatic carbocycles. The number of allylic oxidation sites excluding steroid dienone is 1. The first-order valence-electron chi connectivity index (χ1n) is 8.59. The summed E-state index contributed by atoms with van der Waals surface area (Å²) in [4.78, 5) is 2.56. The maximum Gasteiger partial charge on any atom is 0.0568 e. The molecule has 1 aliphatic rings. The molecule has 3 nitrogen and oxygen atoms in total. The molecule has 1 aromatic carbocycles. The average molecular weight is 309 g/mol. The second kappa shape index (κ2) is 7.14. The molecule has 1 atom stereocenters. The average Bonchev–Trinajstić information content (AvgIpc) is 3.03. The van der Waals surface area contributed by atoms with Crippen molar-refractivity contribution < 1.29 is 0 Å². The number of benzene rings is 1. The van der Waals surface area contributed by atoms with Crippen LogP contribution in [0.15, 0.2) is 42.1 Å². The van der Waals surface area contributed by atoms with Gasteiger partial charge in [0.1, 0.15) is 0 Å². The number of rotatable bonds is 4. The SMILES string of the molecule is CC(C)=CCN1CCC[C@@H](c2[nH]ncc2-c2ccc(C)cc2)C1. The van der Waals surface area contributed by atoms with Gasteiger partial charge in [-0.1, -0.05) is 41.5 Å². The first-order chi connectivity index (χ1) is 11.1. The Kier molecular flexibility index (Phi) is 4.97. The molecule has 3 rings (SSSR count). The number of H-pyrrole nitrogens is 1. The van der Waals surface area contributed by atoms with Gasteiger partial charge in [0.2, 0.25) is 0 Å². The summed E-state index contributed by atoms with van der Waals surface area (Å²) < 4.78 is 0. The van der Waals surface area contributed by atoms with Crippen molar-refractivity contribution in [2.24, 2.45) is 0 Å². The third-order valence-corrected chi connectivity index (χ3v) is 4.70. The summed E-state index contributed by atoms with van der Waals surface area (Å²) in [6.07, 6.45) is 6.81. The molecular formula is C20H27N3. The number of likely N-dealkylation sites (tertiary alicyclic amines) is 1. The Morgan fingerprint density at radius 1 is 1.30 bits per heavy atom. The van der Waals surface area contributed by atoms with Crippen molar-refractivity contribution in [3.63, 3.8) is 0 Å². The fourth-order valence-electron chi connectivity index (χ4n) is 3.34. The standard InChI is InChI=1S/C20H27N3/c1-15(2)10-12-23-11-4-5-18(14-23)20-19(13-21-22-20)17-8-6-16(3)7-9-17/h6-10,13,18H,4-5,11-12,14H2,1-3H3,(H,21,22)/t18-/m1/s1. The molecule has 1 aromatic heterocycles. The Labute approximate surface area is 139 Å². The normalized spacial score (nSPS) is 18.8. The van der Waals surface area contributed by atoms with E-state index in [1.807, 2.05) is 6.20 Å². The molecule has 122 valence electrons. The van der Waals surface area contributed by atoms with E-state index in [0.29, 0.717) is 5.92 Å². The highest BCUT2D eigenvalue weighted by Gasteiger charge is 2.24. The second-order valence-electron chi connectivity index (χ2n) is 6.94. The van der Waals surface area contributed by atoms with Crippen LogP contribution in [0.3, 0.4) is 0 Å². The molecule has 3 heteroatoms. The first-order valence-corrected chi connectivity index (χ1v) is 8.59. The van der Waals surface area contributed by atoms with Crippen LogP contribution >= 0.6 is 0 Å². The Bertz CT molecular complexity index is 662. The summed E-state index contributed by atoms with van der Waals surface area (Å²) in [7, 11) is 0. The lowest BCUT2D eigenvalue weighted by molar-refractivity contribution is 0.226. The number of aromatic amines is 1. The van der Waals surface area contributed by atoms with E-state index in [1.54, 1.807) is 0 Å². The highest BCUT2D eigenvalue weighted by atomic mass is 15.1. The molecule has 2 aromatic rings. The minimum absolute atomic E-state index is 0.549. The van der Waals surface area contributed by atoms with Crippen molar-refractivity contribution in [1.82, 2.24) is 15.1 Å². The van der Waals surface area contributed by atoms with Crippen LogP contribution < -0.4 is 0 Å². The smallest absolute Gasteiger partial charge is 0.0568 e. The minimum Gasteiger partial charge on any atom is -0.299 e. The van der Waals surface area contributed by atoms with Gasteiger partial charge >= 0.3 is 0 Å². The zero-order chi connectivity index (χ0) is 16.2. The summed E-state index contributed by atoms with van der Waals surface area (Å²) >= 11 is 0. The Morgan fingerprint density at radius 2 is 2.09 bits per heavy atom. The molecule has 1 saturated heterocycles. The predicted molar refractivity (Wildman–Crippen MR) is 96.6 cm³/mol. The van der Waals surface area contributed by atoms with Gasteiger partial charge in [0.05, 0.1) is 6.20 Å². The maximum absolute atomic E-state index is 4.34. The number of aryl methyl sites for hydroxylation is 1. The molecule has 1 N–H and O–H groups in total. The fraction of sp³-hybridized carbons (Fsp3) is 0.450. The molecule has 2 heterocycles. The van der Waals surface area contributed by atoms with E-state index in [0.717, 1.165) is 13.1 Å². The van der Waals surface area contributed by atoms with Crippen LogP contribution in [0.4, 0.5) is 0 Å². The van der Waals surface area contributed by atoms with Crippen LogP contribution in [0.2, 0.25) is 0 Å². The molecule has 0 spiro atoms. The van der Waals surface area contributed by atoms with E-state index in [4.69, 9.17) is 0 Å². The van der Waals surface area contributed by atoms with Gasteiger partial charge in [0.25, 0.3) is 0 Å². The summed E-state index contributed by atoms with van der Waals surface area (Å²) in [5.74, 6) is 0.549. The van der Waals surface area contributed by atoms with Gasteiger partial charge in [-0.05, 0) is 45.7 Å². The lowest BCUT2D eigenvalue weighted by atomic mass is 9.90. The highest BCUT2D eigenvalue weighted by Crippen LogP contribution is 2.33. The highest BCUT2D eigenvalue weighted by molar-refractivity contribution is 5.66. The van der Waals surface area contributed by atoms with E-state index in [1.165, 1.54) is 47.3 Å². The maximum atomic E-state index is 4.34. The molecule has 1 aliphatic heterocycles. The van der Waals surface area contributed by atoms with E-state index >= 15 is 0 Å². The monoisotopic (exact) mass is 309 g/mol. The van der Waals surface area contributed by atoms with E-state index in [9.17, 15) is 0 Å². The largest absolute Gasteiger partial charge is 0.299 e. The zero-order valence-electron chi connectivity index (χ0n) is 14.5. The van der Waals surface area contributed by atoms with Gasteiger partial charge in [-0.25, -0.2) is 0 Å². The molecular weight excluding hydrogens is 282 g/mol. The molecule has 0 amide bonds. The summed E-state index contributed by atoms with van der Waals surface area (Å²) in [6.45, 7) is 9.85. The van der Waals surface area contributed by atoms with E-state index in [-0.39, 0.29) is 0 Å².